The van der Waals surface area contributed by atoms with Gasteiger partial charge in [-0.15, -0.1) is 0 Å². The van der Waals surface area contributed by atoms with Crippen molar-refractivity contribution < 1.29 is 4.74 Å². The summed E-state index contributed by atoms with van der Waals surface area (Å²) in [7, 11) is 0. The molecule has 1 heterocycles. The Morgan fingerprint density at radius 1 is 1.20 bits per heavy atom. The molecule has 1 unspecified atom stereocenters. The van der Waals surface area contributed by atoms with Gasteiger partial charge in [0.25, 0.3) is 0 Å². The Kier molecular flexibility index (Phi) is 3.85. The second-order valence-electron chi connectivity index (χ2n) is 4.71. The highest BCUT2D eigenvalue weighted by Gasteiger charge is 2.20. The zero-order valence-corrected chi connectivity index (χ0v) is 12.2. The second-order valence-corrected chi connectivity index (χ2v) is 5.49. The number of nitrogens with one attached hydrogen (secondary N) is 1. The molecular weight excluding hydrogens is 295 g/mol. The first-order valence-corrected chi connectivity index (χ1v) is 7.12. The van der Waals surface area contributed by atoms with Crippen molar-refractivity contribution in [2.45, 2.75) is 12.5 Å². The molecule has 1 atom stereocenters. The summed E-state index contributed by atoms with van der Waals surface area (Å²) in [5.74, 6) is 6.66. The van der Waals surface area contributed by atoms with Gasteiger partial charge in [0.1, 0.15) is 5.75 Å². The van der Waals surface area contributed by atoms with Gasteiger partial charge in [-0.25, -0.2) is 5.43 Å². The fraction of sp³-hybridized carbons (Fsp3) is 0.200. The number of hydrogen-bond acceptors (Lipinski definition) is 3. The molecule has 0 saturated heterocycles. The lowest BCUT2D eigenvalue weighted by Crippen LogP contribution is -2.29. The van der Waals surface area contributed by atoms with Gasteiger partial charge in [0.05, 0.1) is 22.7 Å². The number of rotatable bonds is 3. The molecule has 3 N–H and O–H groups in total. The summed E-state index contributed by atoms with van der Waals surface area (Å²) < 4.78 is 5.52. The van der Waals surface area contributed by atoms with E-state index in [9.17, 15) is 0 Å². The maximum Gasteiger partial charge on any atom is 0.122 e. The Balaban J connectivity index is 2.03. The van der Waals surface area contributed by atoms with E-state index in [4.69, 9.17) is 33.8 Å². The summed E-state index contributed by atoms with van der Waals surface area (Å²) >= 11 is 12.4. The van der Waals surface area contributed by atoms with Gasteiger partial charge in [0.15, 0.2) is 0 Å². The van der Waals surface area contributed by atoms with Crippen molar-refractivity contribution in [1.29, 1.82) is 0 Å². The van der Waals surface area contributed by atoms with Crippen molar-refractivity contribution in [3.05, 3.63) is 63.1 Å². The van der Waals surface area contributed by atoms with Gasteiger partial charge < -0.3 is 4.74 Å². The molecule has 2 aromatic rings. The molecule has 0 bridgehead atoms. The molecule has 0 fully saturated rings. The molecule has 0 aromatic heterocycles. The van der Waals surface area contributed by atoms with Crippen LogP contribution in [0.4, 0.5) is 0 Å². The molecule has 0 spiro atoms. The standard InChI is InChI=1S/C15H14Cl2N2O/c16-12-3-1-2-11(14(12)17)15(19-18)10-4-5-13-9(8-10)6-7-20-13/h1-5,8,15,19H,6-7,18H2. The van der Waals surface area contributed by atoms with E-state index in [2.05, 4.69) is 11.5 Å². The molecule has 1 aliphatic rings. The summed E-state index contributed by atoms with van der Waals surface area (Å²) in [6.45, 7) is 0.734. The second kappa shape index (κ2) is 5.62. The molecule has 104 valence electrons. The summed E-state index contributed by atoms with van der Waals surface area (Å²) in [5, 5.41) is 1.04. The van der Waals surface area contributed by atoms with Crippen LogP contribution in [0, 0.1) is 0 Å². The molecular formula is C15H14Cl2N2O. The zero-order chi connectivity index (χ0) is 14.1. The Bertz CT molecular complexity index is 646. The Labute approximate surface area is 127 Å². The van der Waals surface area contributed by atoms with E-state index in [1.54, 1.807) is 6.07 Å². The number of ether oxygens (including phenoxy) is 1. The van der Waals surface area contributed by atoms with E-state index in [0.29, 0.717) is 10.0 Å². The highest BCUT2D eigenvalue weighted by molar-refractivity contribution is 6.42. The molecule has 0 saturated carbocycles. The van der Waals surface area contributed by atoms with Gasteiger partial charge in [-0.2, -0.15) is 0 Å². The molecule has 3 rings (SSSR count). The summed E-state index contributed by atoms with van der Waals surface area (Å²) in [5.41, 5.74) is 5.91. The predicted molar refractivity (Wildman–Crippen MR) is 81.3 cm³/mol. The van der Waals surface area contributed by atoms with Gasteiger partial charge in [0, 0.05) is 6.42 Å². The van der Waals surface area contributed by atoms with Crippen LogP contribution in [0.5, 0.6) is 5.75 Å². The Morgan fingerprint density at radius 2 is 2.05 bits per heavy atom. The van der Waals surface area contributed by atoms with Crippen molar-refractivity contribution >= 4 is 23.2 Å². The Hall–Kier alpha value is -1.26. The zero-order valence-electron chi connectivity index (χ0n) is 10.7. The predicted octanol–water partition coefficient (Wildman–Crippen LogP) is 3.48. The minimum atomic E-state index is -0.202. The van der Waals surface area contributed by atoms with Crippen LogP contribution >= 0.6 is 23.2 Å². The van der Waals surface area contributed by atoms with Crippen molar-refractivity contribution in [3.63, 3.8) is 0 Å². The third-order valence-electron chi connectivity index (χ3n) is 3.51. The van der Waals surface area contributed by atoms with Crippen LogP contribution in [0.25, 0.3) is 0 Å². The normalized spacial score (nSPS) is 14.8. The van der Waals surface area contributed by atoms with Crippen LogP contribution in [-0.2, 0) is 6.42 Å². The van der Waals surface area contributed by atoms with Crippen LogP contribution in [-0.4, -0.2) is 6.61 Å². The number of nitrogens with two attached hydrogens (primary N) is 1. The van der Waals surface area contributed by atoms with Gasteiger partial charge in [-0.3, -0.25) is 5.84 Å². The topological polar surface area (TPSA) is 47.3 Å². The first kappa shape index (κ1) is 13.7. The summed E-state index contributed by atoms with van der Waals surface area (Å²) in [6, 6.07) is 11.4. The quantitative estimate of drug-likeness (QED) is 0.674. The van der Waals surface area contributed by atoms with E-state index in [1.165, 1.54) is 5.56 Å². The average molecular weight is 309 g/mol. The van der Waals surface area contributed by atoms with E-state index in [0.717, 1.165) is 29.9 Å². The largest absolute Gasteiger partial charge is 0.493 e. The first-order chi connectivity index (χ1) is 9.70. The van der Waals surface area contributed by atoms with Crippen molar-refractivity contribution in [3.8, 4) is 5.75 Å². The minimum absolute atomic E-state index is 0.202. The number of halogens is 2. The fourth-order valence-corrected chi connectivity index (χ4v) is 2.91. The van der Waals surface area contributed by atoms with Crippen molar-refractivity contribution in [1.82, 2.24) is 5.43 Å². The third-order valence-corrected chi connectivity index (χ3v) is 4.34. The maximum absolute atomic E-state index is 6.28. The molecule has 2 aromatic carbocycles. The van der Waals surface area contributed by atoms with Crippen LogP contribution < -0.4 is 16.0 Å². The molecule has 20 heavy (non-hydrogen) atoms. The van der Waals surface area contributed by atoms with Crippen LogP contribution in [0.15, 0.2) is 36.4 Å². The van der Waals surface area contributed by atoms with Crippen LogP contribution in [0.2, 0.25) is 10.0 Å². The lowest BCUT2D eigenvalue weighted by Gasteiger charge is -2.19. The van der Waals surface area contributed by atoms with Gasteiger partial charge in [-0.05, 0) is 28.8 Å². The molecule has 3 nitrogen and oxygen atoms in total. The van der Waals surface area contributed by atoms with Crippen LogP contribution in [0.3, 0.4) is 0 Å². The third kappa shape index (κ3) is 2.38. The molecule has 0 radical (unpaired) electrons. The first-order valence-electron chi connectivity index (χ1n) is 6.36. The fourth-order valence-electron chi connectivity index (χ4n) is 2.50. The smallest absolute Gasteiger partial charge is 0.122 e. The van der Waals surface area contributed by atoms with Gasteiger partial charge in [-0.1, -0.05) is 47.5 Å². The number of benzene rings is 2. The molecule has 0 aliphatic carbocycles. The molecule has 1 aliphatic heterocycles. The molecule has 5 heteroatoms. The van der Waals surface area contributed by atoms with E-state index < -0.39 is 0 Å². The summed E-state index contributed by atoms with van der Waals surface area (Å²) in [4.78, 5) is 0. The lowest BCUT2D eigenvalue weighted by molar-refractivity contribution is 0.357. The van der Waals surface area contributed by atoms with E-state index in [-0.39, 0.29) is 6.04 Å². The lowest BCUT2D eigenvalue weighted by atomic mass is 9.97. The number of fused-ring (bicyclic) bond motifs is 1. The van der Waals surface area contributed by atoms with E-state index >= 15 is 0 Å². The van der Waals surface area contributed by atoms with Gasteiger partial charge in [0.2, 0.25) is 0 Å². The highest BCUT2D eigenvalue weighted by Crippen LogP contribution is 2.35. The van der Waals surface area contributed by atoms with Crippen molar-refractivity contribution in [2.24, 2.45) is 5.84 Å². The SMILES string of the molecule is NNC(c1ccc2c(c1)CCO2)c1cccc(Cl)c1Cl. The van der Waals surface area contributed by atoms with E-state index in [1.807, 2.05) is 24.3 Å². The monoisotopic (exact) mass is 308 g/mol. The molecule has 0 amide bonds. The number of hydrazine groups is 1. The number of hydrogen-bond donors (Lipinski definition) is 2. The minimum Gasteiger partial charge on any atom is -0.493 e. The highest BCUT2D eigenvalue weighted by atomic mass is 35.5. The summed E-state index contributed by atoms with van der Waals surface area (Å²) in [6.07, 6.45) is 0.920. The van der Waals surface area contributed by atoms with Gasteiger partial charge >= 0.3 is 0 Å². The van der Waals surface area contributed by atoms with Crippen LogP contribution in [0.1, 0.15) is 22.7 Å². The maximum atomic E-state index is 6.28. The Morgan fingerprint density at radius 3 is 2.85 bits per heavy atom. The average Bonchev–Trinajstić information content (AvgIpc) is 2.92. The van der Waals surface area contributed by atoms with Crippen molar-refractivity contribution in [2.75, 3.05) is 6.61 Å².